The maximum absolute atomic E-state index is 12.2. The van der Waals surface area contributed by atoms with Crippen LogP contribution in [0.25, 0.3) is 10.2 Å². The third-order valence-electron chi connectivity index (χ3n) is 4.28. The van der Waals surface area contributed by atoms with E-state index in [0.717, 1.165) is 47.5 Å². The van der Waals surface area contributed by atoms with Gasteiger partial charge in [0, 0.05) is 19.6 Å². The Bertz CT molecular complexity index is 819. The van der Waals surface area contributed by atoms with Crippen molar-refractivity contribution >= 4 is 45.1 Å². The number of carbonyl (C=O) groups excluding carboxylic acids is 2. The molecule has 0 bridgehead atoms. The van der Waals surface area contributed by atoms with E-state index in [1.807, 2.05) is 29.2 Å². The van der Waals surface area contributed by atoms with Crippen molar-refractivity contribution in [3.8, 4) is 0 Å². The van der Waals surface area contributed by atoms with Gasteiger partial charge in [-0.05, 0) is 38.3 Å². The summed E-state index contributed by atoms with van der Waals surface area (Å²) in [6.45, 7) is 4.54. The second-order valence-corrected chi connectivity index (χ2v) is 8.03. The molecule has 1 aliphatic heterocycles. The van der Waals surface area contributed by atoms with Crippen molar-refractivity contribution < 1.29 is 9.59 Å². The Morgan fingerprint density at radius 1 is 1.16 bits per heavy atom. The van der Waals surface area contributed by atoms with Crippen molar-refractivity contribution in [3.63, 3.8) is 0 Å². The van der Waals surface area contributed by atoms with Gasteiger partial charge in [0.1, 0.15) is 0 Å². The summed E-state index contributed by atoms with van der Waals surface area (Å²) < 4.78 is 3.19. The lowest BCUT2D eigenvalue weighted by molar-refractivity contribution is -0.129. The molecule has 1 aromatic carbocycles. The molecule has 0 aliphatic carbocycles. The summed E-state index contributed by atoms with van der Waals surface area (Å²) >= 11 is 2.89. The molecule has 2 aromatic rings. The van der Waals surface area contributed by atoms with Crippen molar-refractivity contribution in [2.45, 2.75) is 32.7 Å². The number of rotatable bonds is 5. The van der Waals surface area contributed by atoms with E-state index in [4.69, 9.17) is 0 Å². The van der Waals surface area contributed by atoms with Gasteiger partial charge in [-0.2, -0.15) is 4.99 Å². The zero-order valence-electron chi connectivity index (χ0n) is 14.4. The molecule has 134 valence electrons. The molecular weight excluding hydrogens is 354 g/mol. The van der Waals surface area contributed by atoms with E-state index in [-0.39, 0.29) is 17.6 Å². The third kappa shape index (κ3) is 4.52. The fourth-order valence-corrected chi connectivity index (χ4v) is 4.82. The maximum Gasteiger partial charge on any atom is 0.258 e. The lowest BCUT2D eigenvalue weighted by atomic mass is 10.1. The molecule has 0 N–H and O–H groups in total. The van der Waals surface area contributed by atoms with Crippen LogP contribution in [-0.2, 0) is 16.1 Å². The van der Waals surface area contributed by atoms with Crippen LogP contribution < -0.4 is 4.80 Å². The van der Waals surface area contributed by atoms with E-state index in [9.17, 15) is 9.59 Å². The summed E-state index contributed by atoms with van der Waals surface area (Å²) in [6, 6.07) is 8.08. The van der Waals surface area contributed by atoms with E-state index in [2.05, 4.69) is 16.5 Å². The first-order valence-corrected chi connectivity index (χ1v) is 10.7. The molecule has 0 spiro atoms. The van der Waals surface area contributed by atoms with E-state index in [1.165, 1.54) is 29.5 Å². The number of thioether (sulfide) groups is 1. The molecule has 5 nitrogen and oxygen atoms in total. The Morgan fingerprint density at radius 3 is 2.68 bits per heavy atom. The van der Waals surface area contributed by atoms with Crippen LogP contribution in [0, 0.1) is 0 Å². The first-order chi connectivity index (χ1) is 12.2. The third-order valence-corrected chi connectivity index (χ3v) is 6.25. The number of likely N-dealkylation sites (tertiary alicyclic amines) is 1. The monoisotopic (exact) mass is 377 g/mol. The van der Waals surface area contributed by atoms with E-state index in [0.29, 0.717) is 5.75 Å². The van der Waals surface area contributed by atoms with Gasteiger partial charge in [0.15, 0.2) is 4.80 Å². The Labute approximate surface area is 155 Å². The van der Waals surface area contributed by atoms with Crippen LogP contribution in [0.1, 0.15) is 26.2 Å². The van der Waals surface area contributed by atoms with Gasteiger partial charge in [-0.25, -0.2) is 0 Å². The molecule has 1 saturated heterocycles. The highest BCUT2D eigenvalue weighted by molar-refractivity contribution is 8.00. The molecule has 7 heteroatoms. The Balaban J connectivity index is 1.60. The highest BCUT2D eigenvalue weighted by Crippen LogP contribution is 2.16. The van der Waals surface area contributed by atoms with Gasteiger partial charge in [-0.3, -0.25) is 9.59 Å². The topological polar surface area (TPSA) is 54.7 Å². The van der Waals surface area contributed by atoms with Crippen LogP contribution in [0.3, 0.4) is 0 Å². The van der Waals surface area contributed by atoms with Crippen LogP contribution in [0.15, 0.2) is 29.3 Å². The molecule has 1 aromatic heterocycles. The molecule has 1 fully saturated rings. The van der Waals surface area contributed by atoms with Crippen molar-refractivity contribution in [1.29, 1.82) is 0 Å². The van der Waals surface area contributed by atoms with Crippen LogP contribution in [0.2, 0.25) is 0 Å². The first kappa shape index (κ1) is 18.2. The van der Waals surface area contributed by atoms with Crippen molar-refractivity contribution in [2.24, 2.45) is 4.99 Å². The SMILES string of the molecule is CCn1c(=NC(=O)CSCC(=O)N2CCCCC2)sc2ccccc21. The molecule has 0 unspecified atom stereocenters. The molecular formula is C18H23N3O2S2. The number of benzene rings is 1. The number of aromatic nitrogens is 1. The predicted octanol–water partition coefficient (Wildman–Crippen LogP) is 2.90. The molecule has 0 saturated carbocycles. The zero-order chi connectivity index (χ0) is 17.6. The molecule has 0 atom stereocenters. The number of para-hydroxylation sites is 1. The molecule has 2 amide bonds. The zero-order valence-corrected chi connectivity index (χ0v) is 16.1. The number of carbonyl (C=O) groups is 2. The minimum Gasteiger partial charge on any atom is -0.342 e. The van der Waals surface area contributed by atoms with Gasteiger partial charge in [-0.15, -0.1) is 11.8 Å². The number of hydrogen-bond acceptors (Lipinski definition) is 4. The number of piperidine rings is 1. The Morgan fingerprint density at radius 2 is 1.92 bits per heavy atom. The minimum absolute atomic E-state index is 0.142. The van der Waals surface area contributed by atoms with Crippen molar-refractivity contribution in [3.05, 3.63) is 29.1 Å². The lowest BCUT2D eigenvalue weighted by Crippen LogP contribution is -2.36. The molecule has 25 heavy (non-hydrogen) atoms. The standard InChI is InChI=1S/C18H23N3O2S2/c1-2-21-14-8-4-5-9-15(14)25-18(21)19-16(22)12-24-13-17(23)20-10-6-3-7-11-20/h4-5,8-9H,2-3,6-7,10-13H2,1H3. The van der Waals surface area contributed by atoms with Gasteiger partial charge in [0.05, 0.1) is 21.7 Å². The van der Waals surface area contributed by atoms with Gasteiger partial charge in [0.25, 0.3) is 5.91 Å². The highest BCUT2D eigenvalue weighted by atomic mass is 32.2. The molecule has 0 radical (unpaired) electrons. The summed E-state index contributed by atoms with van der Waals surface area (Å²) in [5, 5.41) is 0. The number of hydrogen-bond donors (Lipinski definition) is 0. The number of aryl methyl sites for hydroxylation is 1. The van der Waals surface area contributed by atoms with Gasteiger partial charge in [0.2, 0.25) is 5.91 Å². The van der Waals surface area contributed by atoms with Crippen LogP contribution in [0.4, 0.5) is 0 Å². The summed E-state index contributed by atoms with van der Waals surface area (Å²) in [5.41, 5.74) is 1.11. The van der Waals surface area contributed by atoms with E-state index in [1.54, 1.807) is 0 Å². The van der Waals surface area contributed by atoms with Crippen LogP contribution in [-0.4, -0.2) is 45.9 Å². The van der Waals surface area contributed by atoms with Crippen LogP contribution in [0.5, 0.6) is 0 Å². The second-order valence-electron chi connectivity index (χ2n) is 6.04. The summed E-state index contributed by atoms with van der Waals surface area (Å²) in [7, 11) is 0. The highest BCUT2D eigenvalue weighted by Gasteiger charge is 2.16. The number of fused-ring (bicyclic) bond motifs is 1. The van der Waals surface area contributed by atoms with E-state index < -0.39 is 0 Å². The second kappa shape index (κ2) is 8.67. The average molecular weight is 378 g/mol. The molecule has 1 aliphatic rings. The smallest absolute Gasteiger partial charge is 0.258 e. The van der Waals surface area contributed by atoms with Crippen molar-refractivity contribution in [2.75, 3.05) is 24.6 Å². The fraction of sp³-hybridized carbons (Fsp3) is 0.500. The Kier molecular flexibility index (Phi) is 6.31. The fourth-order valence-electron chi connectivity index (χ4n) is 3.01. The van der Waals surface area contributed by atoms with Gasteiger partial charge >= 0.3 is 0 Å². The maximum atomic E-state index is 12.2. The molecule has 2 heterocycles. The predicted molar refractivity (Wildman–Crippen MR) is 104 cm³/mol. The lowest BCUT2D eigenvalue weighted by Gasteiger charge is -2.26. The van der Waals surface area contributed by atoms with Gasteiger partial charge < -0.3 is 9.47 Å². The van der Waals surface area contributed by atoms with Gasteiger partial charge in [-0.1, -0.05) is 23.5 Å². The molecule has 3 rings (SSSR count). The minimum atomic E-state index is -0.176. The van der Waals surface area contributed by atoms with Crippen molar-refractivity contribution in [1.82, 2.24) is 9.47 Å². The number of thiazole rings is 1. The number of amides is 2. The quantitative estimate of drug-likeness (QED) is 0.805. The summed E-state index contributed by atoms with van der Waals surface area (Å²) in [6.07, 6.45) is 3.39. The van der Waals surface area contributed by atoms with Crippen LogP contribution >= 0.6 is 23.1 Å². The summed E-state index contributed by atoms with van der Waals surface area (Å²) in [5.74, 6) is 0.576. The number of nitrogens with zero attached hydrogens (tertiary/aromatic N) is 3. The summed E-state index contributed by atoms with van der Waals surface area (Å²) in [4.78, 5) is 31.2. The Hall–Kier alpha value is -1.60. The normalized spacial score (nSPS) is 15.7. The average Bonchev–Trinajstić information content (AvgIpc) is 2.99. The largest absolute Gasteiger partial charge is 0.342 e. The van der Waals surface area contributed by atoms with E-state index >= 15 is 0 Å². The first-order valence-electron chi connectivity index (χ1n) is 8.70.